The zero-order valence-electron chi connectivity index (χ0n) is 12.7. The normalized spacial score (nSPS) is 13.6. The predicted octanol–water partition coefficient (Wildman–Crippen LogP) is 4.76. The van der Waals surface area contributed by atoms with Gasteiger partial charge in [-0.2, -0.15) is 8.78 Å². The van der Waals surface area contributed by atoms with Crippen molar-refractivity contribution in [1.29, 1.82) is 0 Å². The van der Waals surface area contributed by atoms with Gasteiger partial charge >= 0.3 is 6.61 Å². The Morgan fingerprint density at radius 3 is 2.50 bits per heavy atom. The zero-order chi connectivity index (χ0) is 15.2. The van der Waals surface area contributed by atoms with Gasteiger partial charge in [0.05, 0.1) is 0 Å². The first-order valence-electron chi connectivity index (χ1n) is 7.10. The molecule has 0 fully saturated rings. The van der Waals surface area contributed by atoms with Crippen molar-refractivity contribution in [2.45, 2.75) is 53.2 Å². The third-order valence-electron chi connectivity index (χ3n) is 3.12. The standard InChI is InChI=1S/C16H25F2NO/c1-5-19-14(9-10-16(2,3)4)12-7-6-8-13(11-12)20-15(17)18/h6-8,11,14-15,19H,5,9-10H2,1-4H3. The molecule has 4 heteroatoms. The summed E-state index contributed by atoms with van der Waals surface area (Å²) in [6, 6.07) is 7.13. The van der Waals surface area contributed by atoms with Crippen LogP contribution in [0.3, 0.4) is 0 Å². The number of benzene rings is 1. The van der Waals surface area contributed by atoms with Crippen molar-refractivity contribution in [3.05, 3.63) is 29.8 Å². The van der Waals surface area contributed by atoms with Crippen molar-refractivity contribution in [2.75, 3.05) is 6.54 Å². The van der Waals surface area contributed by atoms with Gasteiger partial charge in [-0.05, 0) is 42.5 Å². The van der Waals surface area contributed by atoms with Crippen LogP contribution >= 0.6 is 0 Å². The predicted molar refractivity (Wildman–Crippen MR) is 78.2 cm³/mol. The largest absolute Gasteiger partial charge is 0.435 e. The van der Waals surface area contributed by atoms with Gasteiger partial charge in [-0.25, -0.2) is 0 Å². The molecular formula is C16H25F2NO. The van der Waals surface area contributed by atoms with Crippen LogP contribution in [0.5, 0.6) is 5.75 Å². The minimum Gasteiger partial charge on any atom is -0.435 e. The van der Waals surface area contributed by atoms with Crippen LogP contribution in [-0.4, -0.2) is 13.2 Å². The highest BCUT2D eigenvalue weighted by atomic mass is 19.3. The summed E-state index contributed by atoms with van der Waals surface area (Å²) in [5.41, 5.74) is 1.25. The molecule has 1 N–H and O–H groups in total. The lowest BCUT2D eigenvalue weighted by atomic mass is 9.87. The Kier molecular flexibility index (Phi) is 6.40. The van der Waals surface area contributed by atoms with Gasteiger partial charge in [0.1, 0.15) is 5.75 Å². The highest BCUT2D eigenvalue weighted by Crippen LogP contribution is 2.29. The Balaban J connectivity index is 2.80. The second kappa shape index (κ2) is 7.58. The van der Waals surface area contributed by atoms with Crippen LogP contribution in [-0.2, 0) is 0 Å². The highest BCUT2D eigenvalue weighted by Gasteiger charge is 2.17. The van der Waals surface area contributed by atoms with Crippen LogP contribution in [0.15, 0.2) is 24.3 Å². The van der Waals surface area contributed by atoms with Crippen molar-refractivity contribution >= 4 is 0 Å². The molecular weight excluding hydrogens is 260 g/mol. The van der Waals surface area contributed by atoms with Crippen molar-refractivity contribution in [3.63, 3.8) is 0 Å². The SMILES string of the molecule is CCNC(CCC(C)(C)C)c1cccc(OC(F)F)c1. The van der Waals surface area contributed by atoms with E-state index in [0.717, 1.165) is 24.9 Å². The molecule has 1 atom stereocenters. The summed E-state index contributed by atoms with van der Waals surface area (Å²) in [6.45, 7) is 6.71. The van der Waals surface area contributed by atoms with Gasteiger partial charge in [-0.3, -0.25) is 0 Å². The Labute approximate surface area is 120 Å². The highest BCUT2D eigenvalue weighted by molar-refractivity contribution is 5.30. The van der Waals surface area contributed by atoms with E-state index in [-0.39, 0.29) is 17.2 Å². The van der Waals surface area contributed by atoms with Gasteiger partial charge in [0.25, 0.3) is 0 Å². The quantitative estimate of drug-likeness (QED) is 0.779. The maximum atomic E-state index is 12.3. The van der Waals surface area contributed by atoms with Crippen molar-refractivity contribution < 1.29 is 13.5 Å². The number of rotatable bonds is 7. The van der Waals surface area contributed by atoms with E-state index in [9.17, 15) is 8.78 Å². The van der Waals surface area contributed by atoms with Gasteiger partial charge in [-0.1, -0.05) is 39.8 Å². The van der Waals surface area contributed by atoms with Crippen molar-refractivity contribution in [1.82, 2.24) is 5.32 Å². The lowest BCUT2D eigenvalue weighted by Crippen LogP contribution is -2.22. The molecule has 20 heavy (non-hydrogen) atoms. The molecule has 1 aromatic carbocycles. The topological polar surface area (TPSA) is 21.3 Å². The van der Waals surface area contributed by atoms with E-state index in [4.69, 9.17) is 0 Å². The van der Waals surface area contributed by atoms with Crippen LogP contribution in [0.4, 0.5) is 8.78 Å². The van der Waals surface area contributed by atoms with Gasteiger partial charge in [0.2, 0.25) is 0 Å². The minimum absolute atomic E-state index is 0.167. The fourth-order valence-electron chi connectivity index (χ4n) is 2.12. The molecule has 1 aromatic rings. The molecule has 0 heterocycles. The second-order valence-corrected chi connectivity index (χ2v) is 6.16. The van der Waals surface area contributed by atoms with E-state index in [1.54, 1.807) is 18.2 Å². The Bertz CT molecular complexity index is 402. The summed E-state index contributed by atoms with van der Waals surface area (Å²) in [5, 5.41) is 3.41. The summed E-state index contributed by atoms with van der Waals surface area (Å²) < 4.78 is 29.0. The number of ether oxygens (including phenoxy) is 1. The number of alkyl halides is 2. The molecule has 0 bridgehead atoms. The summed E-state index contributed by atoms with van der Waals surface area (Å²) in [4.78, 5) is 0. The molecule has 0 aromatic heterocycles. The van der Waals surface area contributed by atoms with Crippen LogP contribution in [0.2, 0.25) is 0 Å². The molecule has 0 saturated carbocycles. The molecule has 0 spiro atoms. The average molecular weight is 285 g/mol. The lowest BCUT2D eigenvalue weighted by Gasteiger charge is -2.24. The first-order chi connectivity index (χ1) is 9.31. The van der Waals surface area contributed by atoms with Crippen molar-refractivity contribution in [2.24, 2.45) is 5.41 Å². The van der Waals surface area contributed by atoms with Crippen LogP contribution in [0, 0.1) is 5.41 Å². The molecule has 0 aliphatic rings. The molecule has 1 rings (SSSR count). The molecule has 0 saturated heterocycles. The molecule has 0 aliphatic carbocycles. The first kappa shape index (κ1) is 16.9. The fourth-order valence-corrected chi connectivity index (χ4v) is 2.12. The smallest absolute Gasteiger partial charge is 0.387 e. The van der Waals surface area contributed by atoms with Crippen LogP contribution in [0.25, 0.3) is 0 Å². The second-order valence-electron chi connectivity index (χ2n) is 6.16. The average Bonchev–Trinajstić information content (AvgIpc) is 2.33. The van der Waals surface area contributed by atoms with Crippen molar-refractivity contribution in [3.8, 4) is 5.75 Å². The van der Waals surface area contributed by atoms with E-state index >= 15 is 0 Å². The van der Waals surface area contributed by atoms with Crippen LogP contribution in [0.1, 0.15) is 52.1 Å². The fraction of sp³-hybridized carbons (Fsp3) is 0.625. The molecule has 0 amide bonds. The molecule has 2 nitrogen and oxygen atoms in total. The van der Waals surface area contributed by atoms with E-state index in [0.29, 0.717) is 0 Å². The maximum absolute atomic E-state index is 12.3. The third kappa shape index (κ3) is 6.33. The van der Waals surface area contributed by atoms with E-state index in [2.05, 4.69) is 30.8 Å². The number of halogens is 2. The first-order valence-corrected chi connectivity index (χ1v) is 7.10. The summed E-state index contributed by atoms with van der Waals surface area (Å²) in [6.07, 6.45) is 2.03. The van der Waals surface area contributed by atoms with Gasteiger partial charge in [0.15, 0.2) is 0 Å². The van der Waals surface area contributed by atoms with Gasteiger partial charge in [0, 0.05) is 6.04 Å². The monoisotopic (exact) mass is 285 g/mol. The Hall–Kier alpha value is -1.16. The summed E-state index contributed by atoms with van der Waals surface area (Å²) in [5.74, 6) is 0.219. The Morgan fingerprint density at radius 1 is 1.25 bits per heavy atom. The number of hydrogen-bond acceptors (Lipinski definition) is 2. The Morgan fingerprint density at radius 2 is 1.95 bits per heavy atom. The number of hydrogen-bond donors (Lipinski definition) is 1. The van der Waals surface area contributed by atoms with E-state index < -0.39 is 6.61 Å². The van der Waals surface area contributed by atoms with E-state index in [1.807, 2.05) is 13.0 Å². The van der Waals surface area contributed by atoms with E-state index in [1.165, 1.54) is 0 Å². The summed E-state index contributed by atoms with van der Waals surface area (Å²) in [7, 11) is 0. The van der Waals surface area contributed by atoms with Gasteiger partial charge in [-0.15, -0.1) is 0 Å². The third-order valence-corrected chi connectivity index (χ3v) is 3.12. The van der Waals surface area contributed by atoms with Gasteiger partial charge < -0.3 is 10.1 Å². The van der Waals surface area contributed by atoms with Crippen LogP contribution < -0.4 is 10.1 Å². The molecule has 0 radical (unpaired) electrons. The molecule has 1 unspecified atom stereocenters. The zero-order valence-corrected chi connectivity index (χ0v) is 12.7. The maximum Gasteiger partial charge on any atom is 0.387 e. The number of nitrogens with one attached hydrogen (secondary N) is 1. The molecule has 114 valence electrons. The minimum atomic E-state index is -2.78. The summed E-state index contributed by atoms with van der Waals surface area (Å²) >= 11 is 0. The lowest BCUT2D eigenvalue weighted by molar-refractivity contribution is -0.0499. The molecule has 0 aliphatic heterocycles.